The van der Waals surface area contributed by atoms with Gasteiger partial charge in [-0.1, -0.05) is 84.9 Å². The van der Waals surface area contributed by atoms with Crippen LogP contribution in [0.3, 0.4) is 0 Å². The van der Waals surface area contributed by atoms with Gasteiger partial charge < -0.3 is 4.57 Å². The summed E-state index contributed by atoms with van der Waals surface area (Å²) in [5.74, 6) is -0.737. The number of hydrogen-bond donors (Lipinski definition) is 1. The second kappa shape index (κ2) is 10.6. The van der Waals surface area contributed by atoms with Gasteiger partial charge in [0.15, 0.2) is 0 Å². The zero-order chi connectivity index (χ0) is 26.5. The zero-order valence-electron chi connectivity index (χ0n) is 20.1. The molecule has 7 heteroatoms. The van der Waals surface area contributed by atoms with E-state index in [1.165, 1.54) is 18.3 Å². The summed E-state index contributed by atoms with van der Waals surface area (Å²) in [7, 11) is 0. The fourth-order valence-corrected chi connectivity index (χ4v) is 4.25. The lowest BCUT2D eigenvalue weighted by molar-refractivity contribution is -0.137. The Balaban J connectivity index is 1.57. The van der Waals surface area contributed by atoms with Gasteiger partial charge in [0.1, 0.15) is 0 Å². The SMILES string of the molecule is O=C(N/N=C/c1cc(-c2ccccc2)n(-c2ccccc2)c1-c1ccccc1)c1cccc(C(F)(F)F)c1. The summed E-state index contributed by atoms with van der Waals surface area (Å²) in [6.45, 7) is 0. The minimum absolute atomic E-state index is 0.132. The Bertz CT molecular complexity index is 1580. The summed E-state index contributed by atoms with van der Waals surface area (Å²) in [5.41, 5.74) is 6.70. The molecular formula is C31H22F3N3O. The van der Waals surface area contributed by atoms with Gasteiger partial charge in [0.2, 0.25) is 0 Å². The van der Waals surface area contributed by atoms with Crippen molar-refractivity contribution >= 4 is 12.1 Å². The number of nitrogens with one attached hydrogen (secondary N) is 1. The number of halogens is 3. The van der Waals surface area contributed by atoms with Crippen LogP contribution in [0.4, 0.5) is 13.2 Å². The van der Waals surface area contributed by atoms with Crippen molar-refractivity contribution in [1.82, 2.24) is 9.99 Å². The van der Waals surface area contributed by atoms with Crippen LogP contribution in [-0.4, -0.2) is 16.7 Å². The van der Waals surface area contributed by atoms with Gasteiger partial charge in [-0.15, -0.1) is 0 Å². The highest BCUT2D eigenvalue weighted by Gasteiger charge is 2.30. The van der Waals surface area contributed by atoms with Crippen LogP contribution in [0.25, 0.3) is 28.2 Å². The van der Waals surface area contributed by atoms with E-state index in [0.717, 1.165) is 45.9 Å². The average molecular weight is 510 g/mol. The molecule has 5 aromatic rings. The van der Waals surface area contributed by atoms with Crippen molar-refractivity contribution < 1.29 is 18.0 Å². The van der Waals surface area contributed by atoms with Crippen LogP contribution in [0.2, 0.25) is 0 Å². The van der Waals surface area contributed by atoms with Gasteiger partial charge in [-0.05, 0) is 47.5 Å². The smallest absolute Gasteiger partial charge is 0.309 e. The molecule has 4 aromatic carbocycles. The molecule has 0 atom stereocenters. The molecule has 0 saturated carbocycles. The number of benzene rings is 4. The number of para-hydroxylation sites is 1. The van der Waals surface area contributed by atoms with E-state index in [4.69, 9.17) is 0 Å². The number of carbonyl (C=O) groups excluding carboxylic acids is 1. The summed E-state index contributed by atoms with van der Waals surface area (Å²) in [6.07, 6.45) is -3.03. The topological polar surface area (TPSA) is 46.4 Å². The van der Waals surface area contributed by atoms with E-state index in [2.05, 4.69) is 15.1 Å². The van der Waals surface area contributed by atoms with Crippen molar-refractivity contribution in [3.8, 4) is 28.2 Å². The molecule has 0 fully saturated rings. The predicted octanol–water partition coefficient (Wildman–Crippen LogP) is 7.59. The molecule has 5 rings (SSSR count). The van der Waals surface area contributed by atoms with Crippen LogP contribution < -0.4 is 5.43 Å². The summed E-state index contributed by atoms with van der Waals surface area (Å²) in [5, 5.41) is 4.12. The van der Waals surface area contributed by atoms with Gasteiger partial charge in [-0.25, -0.2) is 5.43 Å². The number of carbonyl (C=O) groups is 1. The molecule has 0 unspecified atom stereocenters. The van der Waals surface area contributed by atoms with E-state index < -0.39 is 17.6 Å². The van der Waals surface area contributed by atoms with Crippen LogP contribution in [0.5, 0.6) is 0 Å². The molecule has 0 aliphatic carbocycles. The molecule has 1 N–H and O–H groups in total. The van der Waals surface area contributed by atoms with E-state index in [-0.39, 0.29) is 5.56 Å². The lowest BCUT2D eigenvalue weighted by atomic mass is 10.1. The minimum atomic E-state index is -4.54. The molecule has 188 valence electrons. The Morgan fingerprint density at radius 2 is 1.34 bits per heavy atom. The maximum Gasteiger partial charge on any atom is 0.416 e. The number of aromatic nitrogens is 1. The highest BCUT2D eigenvalue weighted by molar-refractivity contribution is 5.97. The van der Waals surface area contributed by atoms with Crippen LogP contribution in [0.15, 0.2) is 126 Å². The first-order valence-corrected chi connectivity index (χ1v) is 11.8. The van der Waals surface area contributed by atoms with E-state index in [0.29, 0.717) is 0 Å². The number of hydrazone groups is 1. The second-order valence-corrected chi connectivity index (χ2v) is 8.51. The Kier molecular flexibility index (Phi) is 6.91. The van der Waals surface area contributed by atoms with Crippen molar-refractivity contribution in [3.05, 3.63) is 138 Å². The van der Waals surface area contributed by atoms with Crippen LogP contribution in [0, 0.1) is 0 Å². The zero-order valence-corrected chi connectivity index (χ0v) is 20.1. The Labute approximate surface area is 217 Å². The molecular weight excluding hydrogens is 487 g/mol. The molecule has 1 heterocycles. The number of nitrogens with zero attached hydrogens (tertiary/aromatic N) is 2. The Hall–Kier alpha value is -4.91. The number of alkyl halides is 3. The fourth-order valence-electron chi connectivity index (χ4n) is 4.25. The summed E-state index contributed by atoms with van der Waals surface area (Å²) >= 11 is 0. The monoisotopic (exact) mass is 509 g/mol. The lowest BCUT2D eigenvalue weighted by Crippen LogP contribution is -2.18. The normalized spacial score (nSPS) is 11.6. The van der Waals surface area contributed by atoms with Gasteiger partial charge in [0.25, 0.3) is 5.91 Å². The lowest BCUT2D eigenvalue weighted by Gasteiger charge is -2.15. The molecule has 0 aliphatic heterocycles. The first-order chi connectivity index (χ1) is 18.4. The maximum absolute atomic E-state index is 13.1. The molecule has 4 nitrogen and oxygen atoms in total. The molecule has 0 saturated heterocycles. The van der Waals surface area contributed by atoms with Gasteiger partial charge in [0, 0.05) is 16.8 Å². The molecule has 1 aromatic heterocycles. The molecule has 0 radical (unpaired) electrons. The van der Waals surface area contributed by atoms with E-state index >= 15 is 0 Å². The van der Waals surface area contributed by atoms with E-state index in [1.807, 2.05) is 97.1 Å². The average Bonchev–Trinajstić information content (AvgIpc) is 3.33. The highest BCUT2D eigenvalue weighted by Crippen LogP contribution is 2.35. The summed E-state index contributed by atoms with van der Waals surface area (Å²) < 4.78 is 41.3. The molecule has 0 aliphatic rings. The number of amides is 1. The molecule has 1 amide bonds. The van der Waals surface area contributed by atoms with Crippen molar-refractivity contribution in [2.45, 2.75) is 6.18 Å². The van der Waals surface area contributed by atoms with Gasteiger partial charge in [-0.2, -0.15) is 18.3 Å². The minimum Gasteiger partial charge on any atom is -0.309 e. The Morgan fingerprint density at radius 1 is 0.737 bits per heavy atom. The standard InChI is InChI=1S/C31H22F3N3O/c32-31(33,34)26-16-10-15-24(19-26)30(38)36-35-21-25-20-28(22-11-4-1-5-12-22)37(27-17-8-3-9-18-27)29(25)23-13-6-2-7-14-23/h1-21H,(H,36,38)/b35-21+. The summed E-state index contributed by atoms with van der Waals surface area (Å²) in [6, 6.07) is 35.8. The molecule has 0 bridgehead atoms. The number of rotatable bonds is 6. The third-order valence-corrected chi connectivity index (χ3v) is 5.98. The van der Waals surface area contributed by atoms with Crippen molar-refractivity contribution in [2.24, 2.45) is 5.10 Å². The van der Waals surface area contributed by atoms with Crippen molar-refractivity contribution in [2.75, 3.05) is 0 Å². The molecule has 38 heavy (non-hydrogen) atoms. The van der Waals surface area contributed by atoms with E-state index in [9.17, 15) is 18.0 Å². The quantitative estimate of drug-likeness (QED) is 0.186. The predicted molar refractivity (Wildman–Crippen MR) is 143 cm³/mol. The second-order valence-electron chi connectivity index (χ2n) is 8.51. The van der Waals surface area contributed by atoms with Gasteiger partial charge >= 0.3 is 6.18 Å². The van der Waals surface area contributed by atoms with Crippen LogP contribution >= 0.6 is 0 Å². The Morgan fingerprint density at radius 3 is 1.97 bits per heavy atom. The van der Waals surface area contributed by atoms with Crippen LogP contribution in [0.1, 0.15) is 21.5 Å². The van der Waals surface area contributed by atoms with Gasteiger partial charge in [-0.3, -0.25) is 4.79 Å². The third-order valence-electron chi connectivity index (χ3n) is 5.98. The van der Waals surface area contributed by atoms with E-state index in [1.54, 1.807) is 0 Å². The fraction of sp³-hybridized carbons (Fsp3) is 0.0323. The highest BCUT2D eigenvalue weighted by atomic mass is 19.4. The first-order valence-electron chi connectivity index (χ1n) is 11.8. The summed E-state index contributed by atoms with van der Waals surface area (Å²) in [4.78, 5) is 12.6. The largest absolute Gasteiger partial charge is 0.416 e. The third kappa shape index (κ3) is 5.27. The van der Waals surface area contributed by atoms with Crippen LogP contribution in [-0.2, 0) is 6.18 Å². The van der Waals surface area contributed by atoms with Crippen molar-refractivity contribution in [3.63, 3.8) is 0 Å². The molecule has 0 spiro atoms. The number of hydrogen-bond acceptors (Lipinski definition) is 2. The first kappa shape index (κ1) is 24.8. The van der Waals surface area contributed by atoms with Crippen molar-refractivity contribution in [1.29, 1.82) is 0 Å². The maximum atomic E-state index is 13.1. The van der Waals surface area contributed by atoms with Gasteiger partial charge in [0.05, 0.1) is 23.2 Å².